The summed E-state index contributed by atoms with van der Waals surface area (Å²) >= 11 is -1.85. The van der Waals surface area contributed by atoms with Crippen LogP contribution >= 0.6 is 0 Å². The molecule has 1 saturated carbocycles. The van der Waals surface area contributed by atoms with E-state index in [0.29, 0.717) is 0 Å². The third-order valence-electron chi connectivity index (χ3n) is 6.06. The van der Waals surface area contributed by atoms with Crippen molar-refractivity contribution in [2.24, 2.45) is 0 Å². The standard InChI is InChI=1S/C5H9.3C5H11.Sn/c1-2-4-5-3-1;3*1-3-5-4-2;/h1H,2-5H2;3*1,3-5H2,2H3;. The van der Waals surface area contributed by atoms with Gasteiger partial charge in [0.1, 0.15) is 0 Å². The van der Waals surface area contributed by atoms with E-state index in [9.17, 15) is 0 Å². The number of rotatable bonds is 13. The van der Waals surface area contributed by atoms with Crippen LogP contribution in [0.5, 0.6) is 0 Å². The molecule has 126 valence electrons. The van der Waals surface area contributed by atoms with Crippen LogP contribution < -0.4 is 0 Å². The van der Waals surface area contributed by atoms with Crippen LogP contribution in [-0.4, -0.2) is 18.4 Å². The average Bonchev–Trinajstić information content (AvgIpc) is 3.02. The predicted octanol–water partition coefficient (Wildman–Crippen LogP) is 7.95. The van der Waals surface area contributed by atoms with Gasteiger partial charge in [0, 0.05) is 0 Å². The van der Waals surface area contributed by atoms with Crippen LogP contribution in [0.1, 0.15) is 104 Å². The van der Waals surface area contributed by atoms with Gasteiger partial charge in [-0.15, -0.1) is 0 Å². The summed E-state index contributed by atoms with van der Waals surface area (Å²) in [5.74, 6) is 0. The van der Waals surface area contributed by atoms with Crippen LogP contribution in [0, 0.1) is 0 Å². The molecule has 0 bridgehead atoms. The van der Waals surface area contributed by atoms with Gasteiger partial charge in [0.05, 0.1) is 0 Å². The first kappa shape index (κ1) is 19.8. The molecule has 1 aliphatic carbocycles. The molecule has 0 heterocycles. The van der Waals surface area contributed by atoms with E-state index >= 15 is 0 Å². The summed E-state index contributed by atoms with van der Waals surface area (Å²) in [5.41, 5.74) is 0. The van der Waals surface area contributed by atoms with Crippen molar-refractivity contribution in [1.82, 2.24) is 0 Å². The fraction of sp³-hybridized carbons (Fsp3) is 1.00. The van der Waals surface area contributed by atoms with Crippen LogP contribution in [0.15, 0.2) is 0 Å². The maximum atomic E-state index is 2.38. The minimum atomic E-state index is -1.85. The molecule has 0 N–H and O–H groups in total. The molecule has 1 fully saturated rings. The molecule has 0 atom stereocenters. The molecule has 1 aliphatic rings. The van der Waals surface area contributed by atoms with Crippen molar-refractivity contribution < 1.29 is 0 Å². The Kier molecular flexibility index (Phi) is 11.6. The molecule has 21 heavy (non-hydrogen) atoms. The molecule has 0 unspecified atom stereocenters. The monoisotopic (exact) mass is 402 g/mol. The summed E-state index contributed by atoms with van der Waals surface area (Å²) in [5, 5.41) is 0. The minimum absolute atomic E-state index is 1.28. The van der Waals surface area contributed by atoms with Gasteiger partial charge in [-0.05, 0) is 0 Å². The summed E-state index contributed by atoms with van der Waals surface area (Å²) in [6.45, 7) is 7.13. The summed E-state index contributed by atoms with van der Waals surface area (Å²) < 4.78 is 6.53. The average molecular weight is 401 g/mol. The van der Waals surface area contributed by atoms with Crippen molar-refractivity contribution in [2.75, 3.05) is 0 Å². The molecule has 0 aromatic rings. The Balaban J connectivity index is 2.66. The molecule has 0 aromatic carbocycles. The second kappa shape index (κ2) is 12.2. The SMILES string of the molecule is CCCC[CH2][Sn]([CH2]CCCC)([CH2]CCCC)[CH]1CCCC1. The van der Waals surface area contributed by atoms with E-state index in [1.165, 1.54) is 42.5 Å². The van der Waals surface area contributed by atoms with Gasteiger partial charge < -0.3 is 0 Å². The molecular formula is C20H42Sn. The van der Waals surface area contributed by atoms with Gasteiger partial charge in [-0.3, -0.25) is 0 Å². The van der Waals surface area contributed by atoms with E-state index in [-0.39, 0.29) is 0 Å². The van der Waals surface area contributed by atoms with E-state index in [2.05, 4.69) is 20.8 Å². The molecule has 1 rings (SSSR count). The van der Waals surface area contributed by atoms with Crippen LogP contribution in [0.4, 0.5) is 0 Å². The quantitative estimate of drug-likeness (QED) is 0.217. The Morgan fingerprint density at radius 2 is 1.00 bits per heavy atom. The zero-order valence-corrected chi connectivity index (χ0v) is 18.2. The van der Waals surface area contributed by atoms with Crippen LogP contribution in [0.25, 0.3) is 0 Å². The first-order valence-electron chi connectivity index (χ1n) is 10.3. The van der Waals surface area contributed by atoms with Crippen molar-refractivity contribution >= 4 is 18.4 Å². The van der Waals surface area contributed by atoms with Gasteiger partial charge in [0.25, 0.3) is 0 Å². The Morgan fingerprint density at radius 1 is 0.619 bits per heavy atom. The number of hydrogen-bond donors (Lipinski definition) is 0. The maximum absolute atomic E-state index is 2.38. The van der Waals surface area contributed by atoms with Gasteiger partial charge in [-0.1, -0.05) is 0 Å². The van der Waals surface area contributed by atoms with Crippen molar-refractivity contribution in [3.05, 3.63) is 0 Å². The first-order valence-corrected chi connectivity index (χ1v) is 18.0. The van der Waals surface area contributed by atoms with Crippen molar-refractivity contribution in [1.29, 1.82) is 0 Å². The Labute approximate surface area is 139 Å². The zero-order chi connectivity index (χ0) is 15.4. The number of unbranched alkanes of at least 4 members (excludes halogenated alkanes) is 6. The van der Waals surface area contributed by atoms with E-state index < -0.39 is 18.4 Å². The molecule has 0 saturated heterocycles. The van der Waals surface area contributed by atoms with Gasteiger partial charge in [0.15, 0.2) is 0 Å². The second-order valence-electron chi connectivity index (χ2n) is 7.72. The van der Waals surface area contributed by atoms with Gasteiger partial charge in [-0.2, -0.15) is 0 Å². The van der Waals surface area contributed by atoms with E-state index in [1.54, 1.807) is 58.3 Å². The van der Waals surface area contributed by atoms with Crippen LogP contribution in [-0.2, 0) is 0 Å². The summed E-state index contributed by atoms with van der Waals surface area (Å²) in [6.07, 6.45) is 19.9. The third kappa shape index (κ3) is 7.27. The van der Waals surface area contributed by atoms with Crippen molar-refractivity contribution in [3.8, 4) is 0 Å². The Bertz CT molecular complexity index is 203. The molecule has 0 amide bonds. The Hall–Kier alpha value is 0.799. The molecule has 1 heteroatoms. The topological polar surface area (TPSA) is 0 Å². The zero-order valence-electron chi connectivity index (χ0n) is 15.4. The fourth-order valence-electron chi connectivity index (χ4n) is 4.71. The molecule has 0 aromatic heterocycles. The normalized spacial score (nSPS) is 16.7. The summed E-state index contributed by atoms with van der Waals surface area (Å²) in [6, 6.07) is 0. The molecule has 0 spiro atoms. The number of hydrogen-bond acceptors (Lipinski definition) is 0. The summed E-state index contributed by atoms with van der Waals surface area (Å²) in [7, 11) is 0. The van der Waals surface area contributed by atoms with Gasteiger partial charge in [0.2, 0.25) is 0 Å². The predicted molar refractivity (Wildman–Crippen MR) is 101 cm³/mol. The van der Waals surface area contributed by atoms with E-state index in [1.807, 2.05) is 0 Å². The van der Waals surface area contributed by atoms with Crippen LogP contribution in [0.3, 0.4) is 0 Å². The molecule has 0 radical (unpaired) electrons. The fourth-order valence-corrected chi connectivity index (χ4v) is 23.2. The Morgan fingerprint density at radius 3 is 1.33 bits per heavy atom. The van der Waals surface area contributed by atoms with Crippen LogP contribution in [0.2, 0.25) is 17.2 Å². The van der Waals surface area contributed by atoms with Gasteiger partial charge in [-0.25, -0.2) is 0 Å². The molecular weight excluding hydrogens is 359 g/mol. The molecule has 0 aliphatic heterocycles. The van der Waals surface area contributed by atoms with E-state index in [4.69, 9.17) is 0 Å². The van der Waals surface area contributed by atoms with Crippen molar-refractivity contribution in [2.45, 2.75) is 121 Å². The third-order valence-corrected chi connectivity index (χ3v) is 24.2. The molecule has 0 nitrogen and oxygen atoms in total. The second-order valence-corrected chi connectivity index (χ2v) is 22.1. The summed E-state index contributed by atoms with van der Waals surface area (Å²) in [4.78, 5) is 0. The van der Waals surface area contributed by atoms with E-state index in [0.717, 1.165) is 0 Å². The van der Waals surface area contributed by atoms with Gasteiger partial charge >= 0.3 is 140 Å². The first-order chi connectivity index (χ1) is 10.3. The van der Waals surface area contributed by atoms with Crippen molar-refractivity contribution in [3.63, 3.8) is 0 Å².